The highest BCUT2D eigenvalue weighted by Gasteiger charge is 2.27. The Hall–Kier alpha value is -3.00. The predicted octanol–water partition coefficient (Wildman–Crippen LogP) is 3.01. The molecule has 7 nitrogen and oxygen atoms in total. The van der Waals surface area contributed by atoms with Crippen molar-refractivity contribution in [1.82, 2.24) is 4.57 Å². The van der Waals surface area contributed by atoms with Gasteiger partial charge in [-0.3, -0.25) is 4.79 Å². The minimum atomic E-state index is -0.783. The van der Waals surface area contributed by atoms with Crippen molar-refractivity contribution in [2.45, 2.75) is 19.6 Å². The molecule has 3 aromatic rings. The van der Waals surface area contributed by atoms with Crippen LogP contribution in [0, 0.1) is 0 Å². The first-order valence-electron chi connectivity index (χ1n) is 8.87. The van der Waals surface area contributed by atoms with Gasteiger partial charge in [0.2, 0.25) is 6.10 Å². The number of aryl methyl sites for hydroxylation is 1. The van der Waals surface area contributed by atoms with Gasteiger partial charge in [-0.1, -0.05) is 23.5 Å². The third kappa shape index (κ3) is 3.09. The van der Waals surface area contributed by atoms with Crippen molar-refractivity contribution in [2.24, 2.45) is 4.99 Å². The predicted molar refractivity (Wildman–Crippen MR) is 106 cm³/mol. The molecule has 0 fully saturated rings. The first-order valence-corrected chi connectivity index (χ1v) is 9.69. The standard InChI is InChI=1S/C20H20N2O5S/c1-4-22-17-14(24-2)9-10-15(25-3)18(17)28-20(22)21-19(23)16-11-26-12-7-5-6-8-13(12)27-16/h5-10,16H,4,11H2,1-3H3/t16-/m1/s1. The summed E-state index contributed by atoms with van der Waals surface area (Å²) in [4.78, 5) is 17.7. The molecule has 0 saturated heterocycles. The highest BCUT2D eigenvalue weighted by atomic mass is 32.1. The largest absolute Gasteiger partial charge is 0.495 e. The molecule has 146 valence electrons. The topological polar surface area (TPSA) is 71.3 Å². The lowest BCUT2D eigenvalue weighted by Gasteiger charge is -2.23. The van der Waals surface area contributed by atoms with E-state index in [2.05, 4.69) is 4.99 Å². The van der Waals surface area contributed by atoms with Crippen molar-refractivity contribution in [3.63, 3.8) is 0 Å². The van der Waals surface area contributed by atoms with Crippen LogP contribution in [0.5, 0.6) is 23.0 Å². The molecule has 0 N–H and O–H groups in total. The van der Waals surface area contributed by atoms with Crippen LogP contribution in [0.3, 0.4) is 0 Å². The maximum atomic E-state index is 12.8. The van der Waals surface area contributed by atoms with Gasteiger partial charge in [0.05, 0.1) is 14.2 Å². The molecule has 28 heavy (non-hydrogen) atoms. The van der Waals surface area contributed by atoms with Gasteiger partial charge >= 0.3 is 0 Å². The number of benzene rings is 2. The third-order valence-corrected chi connectivity index (χ3v) is 5.59. The van der Waals surface area contributed by atoms with Gasteiger partial charge in [-0.2, -0.15) is 4.99 Å². The van der Waals surface area contributed by atoms with E-state index in [-0.39, 0.29) is 12.5 Å². The van der Waals surface area contributed by atoms with Crippen LogP contribution >= 0.6 is 11.3 Å². The molecule has 4 rings (SSSR count). The second-order valence-electron chi connectivity index (χ2n) is 6.09. The van der Waals surface area contributed by atoms with Crippen LogP contribution in [0.1, 0.15) is 6.92 Å². The molecule has 0 spiro atoms. The van der Waals surface area contributed by atoms with Gasteiger partial charge in [0.25, 0.3) is 5.91 Å². The van der Waals surface area contributed by atoms with Crippen molar-refractivity contribution >= 4 is 27.5 Å². The third-order valence-electron chi connectivity index (χ3n) is 4.50. The number of amides is 1. The highest BCUT2D eigenvalue weighted by Crippen LogP contribution is 2.35. The Morgan fingerprint density at radius 3 is 2.61 bits per heavy atom. The molecule has 0 saturated carbocycles. The summed E-state index contributed by atoms with van der Waals surface area (Å²) in [6, 6.07) is 11.0. The van der Waals surface area contributed by atoms with Gasteiger partial charge in [0, 0.05) is 6.54 Å². The Balaban J connectivity index is 1.76. The summed E-state index contributed by atoms with van der Waals surface area (Å²) in [7, 11) is 3.23. The molecule has 1 aliphatic rings. The second-order valence-corrected chi connectivity index (χ2v) is 7.07. The van der Waals surface area contributed by atoms with E-state index in [1.807, 2.05) is 41.8 Å². The summed E-state index contributed by atoms with van der Waals surface area (Å²) >= 11 is 1.38. The number of fused-ring (bicyclic) bond motifs is 2. The molecular formula is C20H20N2O5S. The number of para-hydroxylation sites is 2. The van der Waals surface area contributed by atoms with E-state index in [4.69, 9.17) is 18.9 Å². The molecule has 2 aromatic carbocycles. The van der Waals surface area contributed by atoms with Gasteiger partial charge < -0.3 is 23.5 Å². The van der Waals surface area contributed by atoms with E-state index in [0.29, 0.717) is 34.3 Å². The number of thiazole rings is 1. The molecule has 1 amide bonds. The number of hydrogen-bond acceptors (Lipinski definition) is 6. The van der Waals surface area contributed by atoms with E-state index in [1.165, 1.54) is 11.3 Å². The summed E-state index contributed by atoms with van der Waals surface area (Å²) in [6.07, 6.45) is -0.783. The van der Waals surface area contributed by atoms with Crippen molar-refractivity contribution in [1.29, 1.82) is 0 Å². The summed E-state index contributed by atoms with van der Waals surface area (Å²) < 4.78 is 25.2. The molecule has 1 aliphatic heterocycles. The van der Waals surface area contributed by atoms with Crippen LogP contribution in [-0.2, 0) is 11.3 Å². The van der Waals surface area contributed by atoms with Gasteiger partial charge in [-0.15, -0.1) is 0 Å². The van der Waals surface area contributed by atoms with Crippen LogP contribution in [0.4, 0.5) is 0 Å². The summed E-state index contributed by atoms with van der Waals surface area (Å²) in [5.74, 6) is 2.20. The fourth-order valence-corrected chi connectivity index (χ4v) is 4.35. The molecule has 8 heteroatoms. The molecule has 0 unspecified atom stereocenters. The Morgan fingerprint density at radius 1 is 1.18 bits per heavy atom. The number of carbonyl (C=O) groups excluding carboxylic acids is 1. The van der Waals surface area contributed by atoms with Gasteiger partial charge in [0.15, 0.2) is 16.3 Å². The molecule has 2 heterocycles. The summed E-state index contributed by atoms with van der Waals surface area (Å²) in [6.45, 7) is 2.74. The van der Waals surface area contributed by atoms with Crippen LogP contribution in [-0.4, -0.2) is 37.4 Å². The van der Waals surface area contributed by atoms with E-state index >= 15 is 0 Å². The van der Waals surface area contributed by atoms with E-state index < -0.39 is 6.10 Å². The Morgan fingerprint density at radius 2 is 1.89 bits per heavy atom. The zero-order valence-electron chi connectivity index (χ0n) is 15.8. The smallest absolute Gasteiger partial charge is 0.292 e. The first kappa shape index (κ1) is 18.4. The number of rotatable bonds is 4. The van der Waals surface area contributed by atoms with Crippen molar-refractivity contribution in [2.75, 3.05) is 20.8 Å². The van der Waals surface area contributed by atoms with Gasteiger partial charge in [-0.05, 0) is 31.2 Å². The normalized spacial score (nSPS) is 16.2. The number of nitrogens with zero attached hydrogens (tertiary/aromatic N) is 2. The fourth-order valence-electron chi connectivity index (χ4n) is 3.14. The average Bonchev–Trinajstić information content (AvgIpc) is 3.10. The zero-order chi connectivity index (χ0) is 19.7. The fraction of sp³-hybridized carbons (Fsp3) is 0.300. The Kier molecular flexibility index (Phi) is 4.95. The van der Waals surface area contributed by atoms with Crippen molar-refractivity contribution in [3.8, 4) is 23.0 Å². The van der Waals surface area contributed by atoms with Crippen LogP contribution < -0.4 is 23.7 Å². The molecule has 0 radical (unpaired) electrons. The number of aromatic nitrogens is 1. The molecule has 0 aliphatic carbocycles. The number of ether oxygens (including phenoxy) is 4. The zero-order valence-corrected chi connectivity index (χ0v) is 16.6. The van der Waals surface area contributed by atoms with E-state index in [1.54, 1.807) is 20.3 Å². The number of methoxy groups -OCH3 is 2. The van der Waals surface area contributed by atoms with E-state index in [0.717, 1.165) is 10.2 Å². The Bertz CT molecular complexity index is 1100. The number of carbonyl (C=O) groups is 1. The van der Waals surface area contributed by atoms with Crippen molar-refractivity contribution < 1.29 is 23.7 Å². The summed E-state index contributed by atoms with van der Waals surface area (Å²) in [5, 5.41) is 0. The van der Waals surface area contributed by atoms with Crippen molar-refractivity contribution in [3.05, 3.63) is 41.2 Å². The highest BCUT2D eigenvalue weighted by molar-refractivity contribution is 7.16. The second kappa shape index (κ2) is 7.55. The van der Waals surface area contributed by atoms with Crippen LogP contribution in [0.2, 0.25) is 0 Å². The SMILES string of the molecule is CCn1c(=NC(=O)[C@H]2COc3ccccc3O2)sc2c(OC)ccc(OC)c21. The van der Waals surface area contributed by atoms with Crippen LogP contribution in [0.25, 0.3) is 10.2 Å². The van der Waals surface area contributed by atoms with Gasteiger partial charge in [0.1, 0.15) is 28.3 Å². The average molecular weight is 400 g/mol. The molecule has 1 aromatic heterocycles. The number of hydrogen-bond donors (Lipinski definition) is 0. The molecular weight excluding hydrogens is 380 g/mol. The Labute approximate surface area is 165 Å². The van der Waals surface area contributed by atoms with Crippen LogP contribution in [0.15, 0.2) is 41.4 Å². The van der Waals surface area contributed by atoms with Gasteiger partial charge in [-0.25, -0.2) is 0 Å². The lowest BCUT2D eigenvalue weighted by molar-refractivity contribution is -0.127. The molecule has 0 bridgehead atoms. The lowest BCUT2D eigenvalue weighted by atomic mass is 10.2. The molecule has 1 atom stereocenters. The minimum absolute atomic E-state index is 0.128. The maximum absolute atomic E-state index is 12.8. The summed E-state index contributed by atoms with van der Waals surface area (Å²) in [5.41, 5.74) is 0.854. The first-order chi connectivity index (χ1) is 13.7. The maximum Gasteiger partial charge on any atom is 0.292 e. The minimum Gasteiger partial charge on any atom is -0.495 e. The quantitative estimate of drug-likeness (QED) is 0.673. The monoisotopic (exact) mass is 400 g/mol. The lowest BCUT2D eigenvalue weighted by Crippen LogP contribution is -2.36. The van der Waals surface area contributed by atoms with E-state index in [9.17, 15) is 4.79 Å².